The van der Waals surface area contributed by atoms with E-state index in [0.29, 0.717) is 29.1 Å². The average molecular weight is 458 g/mol. The van der Waals surface area contributed by atoms with E-state index >= 15 is 0 Å². The van der Waals surface area contributed by atoms with Crippen molar-refractivity contribution in [3.63, 3.8) is 0 Å². The predicted octanol–water partition coefficient (Wildman–Crippen LogP) is 6.22. The molecular weight excluding hydrogens is 418 g/mol. The predicted molar refractivity (Wildman–Crippen MR) is 134 cm³/mol. The van der Waals surface area contributed by atoms with Crippen molar-refractivity contribution in [2.24, 2.45) is 17.3 Å². The number of hydroxylamine groups is 2. The third-order valence-corrected chi connectivity index (χ3v) is 7.85. The Morgan fingerprint density at radius 3 is 2.59 bits per heavy atom. The molecule has 1 aromatic rings. The van der Waals surface area contributed by atoms with Gasteiger partial charge in [0.05, 0.1) is 12.2 Å². The molecule has 2 saturated heterocycles. The number of hydrogen-bond acceptors (Lipinski definition) is 4. The fraction of sp³-hybridized carbons (Fsp3) is 0.593. The van der Waals surface area contributed by atoms with Crippen LogP contribution in [0.3, 0.4) is 0 Å². The number of carbonyl (C=O) groups is 1. The highest BCUT2D eigenvalue weighted by Crippen LogP contribution is 2.47. The molecule has 0 unspecified atom stereocenters. The molecule has 176 valence electrons. The molecule has 0 aliphatic carbocycles. The van der Waals surface area contributed by atoms with Gasteiger partial charge >= 0.3 is 0 Å². The quantitative estimate of drug-likeness (QED) is 0.175. The fourth-order valence-electron chi connectivity index (χ4n) is 5.08. The number of ether oxygens (including phenoxy) is 1. The van der Waals surface area contributed by atoms with Crippen LogP contribution in [0.1, 0.15) is 57.9 Å². The van der Waals surface area contributed by atoms with E-state index < -0.39 is 5.41 Å². The number of amides is 1. The number of carbonyl (C=O) groups excluding carboxylic acids is 1. The number of thioether (sulfide) groups is 1. The van der Waals surface area contributed by atoms with Crippen LogP contribution in [-0.4, -0.2) is 46.9 Å². The highest BCUT2D eigenvalue weighted by atomic mass is 32.2. The van der Waals surface area contributed by atoms with Gasteiger partial charge in [-0.15, -0.1) is 0 Å². The second-order valence-electron chi connectivity index (χ2n) is 9.75. The largest absolute Gasteiger partial charge is 0.374 e. The van der Waals surface area contributed by atoms with E-state index in [0.717, 1.165) is 25.0 Å². The maximum absolute atomic E-state index is 12.0. The average Bonchev–Trinajstić information content (AvgIpc) is 3.38. The maximum Gasteiger partial charge on any atom is 0.251 e. The van der Waals surface area contributed by atoms with Gasteiger partial charge < -0.3 is 4.74 Å². The van der Waals surface area contributed by atoms with Crippen LogP contribution in [0.2, 0.25) is 0 Å². The molecule has 5 heteroatoms. The second-order valence-corrected chi connectivity index (χ2v) is 10.9. The zero-order chi connectivity index (χ0) is 23.0. The van der Waals surface area contributed by atoms with Gasteiger partial charge in [-0.05, 0) is 61.7 Å². The molecule has 0 aromatic heterocycles. The summed E-state index contributed by atoms with van der Waals surface area (Å²) in [5, 5.41) is 10.1. The van der Waals surface area contributed by atoms with Crippen molar-refractivity contribution in [3.8, 4) is 0 Å². The standard InChI is InChI=1S/C27H39NO3S/c1-27(2,26(29)28(3)30)18-9-5-8-14-22-23(25-16-15-24(22)31-25)17-20-32-19-10-13-21-11-6-4-7-12-21/h4-8,10-13,22-25,30H,9,14-20H2,1-3H3/b8-5-,13-10?/t22-,23+,24-,25+/m0/s1. The molecule has 1 aromatic carbocycles. The van der Waals surface area contributed by atoms with Gasteiger partial charge in [-0.2, -0.15) is 11.8 Å². The minimum atomic E-state index is -0.544. The molecule has 2 aliphatic rings. The van der Waals surface area contributed by atoms with E-state index in [1.54, 1.807) is 0 Å². The van der Waals surface area contributed by atoms with Crippen LogP contribution in [0.4, 0.5) is 0 Å². The Labute approximate surface area is 198 Å². The van der Waals surface area contributed by atoms with Gasteiger partial charge in [-0.3, -0.25) is 10.0 Å². The van der Waals surface area contributed by atoms with Crippen LogP contribution in [0.5, 0.6) is 0 Å². The summed E-state index contributed by atoms with van der Waals surface area (Å²) >= 11 is 2.01. The Bertz CT molecular complexity index is 774. The lowest BCUT2D eigenvalue weighted by Gasteiger charge is -2.27. The van der Waals surface area contributed by atoms with Crippen molar-refractivity contribution in [3.05, 3.63) is 54.1 Å². The smallest absolute Gasteiger partial charge is 0.251 e. The summed E-state index contributed by atoms with van der Waals surface area (Å²) in [7, 11) is 1.40. The van der Waals surface area contributed by atoms with E-state index in [9.17, 15) is 10.0 Å². The molecule has 2 fully saturated rings. The van der Waals surface area contributed by atoms with Gasteiger partial charge in [0.25, 0.3) is 5.91 Å². The molecular formula is C27H39NO3S. The number of rotatable bonds is 12. The summed E-state index contributed by atoms with van der Waals surface area (Å²) in [5.74, 6) is 3.30. The minimum Gasteiger partial charge on any atom is -0.374 e. The topological polar surface area (TPSA) is 49.8 Å². The van der Waals surface area contributed by atoms with Gasteiger partial charge in [-0.25, -0.2) is 5.06 Å². The fourth-order valence-corrected chi connectivity index (χ4v) is 5.91. The van der Waals surface area contributed by atoms with Gasteiger partial charge in [-0.1, -0.05) is 68.5 Å². The summed E-state index contributed by atoms with van der Waals surface area (Å²) in [6.07, 6.45) is 16.2. The lowest BCUT2D eigenvalue weighted by molar-refractivity contribution is -0.169. The minimum absolute atomic E-state index is 0.233. The lowest BCUT2D eigenvalue weighted by atomic mass is 9.76. The van der Waals surface area contributed by atoms with Crippen molar-refractivity contribution >= 4 is 23.7 Å². The van der Waals surface area contributed by atoms with E-state index in [-0.39, 0.29) is 5.91 Å². The molecule has 4 atom stereocenters. The third kappa shape index (κ3) is 6.97. The molecule has 0 spiro atoms. The maximum atomic E-state index is 12.0. The summed E-state index contributed by atoms with van der Waals surface area (Å²) in [4.78, 5) is 12.0. The number of nitrogens with zero attached hydrogens (tertiary/aromatic N) is 1. The van der Waals surface area contributed by atoms with Crippen molar-refractivity contribution < 1.29 is 14.7 Å². The van der Waals surface area contributed by atoms with Gasteiger partial charge in [0, 0.05) is 18.2 Å². The number of fused-ring (bicyclic) bond motifs is 2. The van der Waals surface area contributed by atoms with E-state index in [2.05, 4.69) is 48.6 Å². The van der Waals surface area contributed by atoms with Crippen LogP contribution in [0, 0.1) is 17.3 Å². The molecule has 0 radical (unpaired) electrons. The monoisotopic (exact) mass is 457 g/mol. The summed E-state index contributed by atoms with van der Waals surface area (Å²) < 4.78 is 6.27. The van der Waals surface area contributed by atoms with E-state index in [1.807, 2.05) is 31.7 Å². The molecule has 4 nitrogen and oxygen atoms in total. The zero-order valence-electron chi connectivity index (χ0n) is 19.8. The van der Waals surface area contributed by atoms with Crippen molar-refractivity contribution in [2.45, 2.75) is 64.6 Å². The molecule has 2 aliphatic heterocycles. The Morgan fingerprint density at radius 1 is 1.16 bits per heavy atom. The SMILES string of the molecule is CN(O)C(=O)C(C)(C)CC/C=C\C[C@H]1[C@@H](CCSCC=Cc2ccccc2)[C@H]2CC[C@@H]1O2. The molecule has 32 heavy (non-hydrogen) atoms. The van der Waals surface area contributed by atoms with Crippen LogP contribution in [0.25, 0.3) is 6.08 Å². The van der Waals surface area contributed by atoms with Gasteiger partial charge in [0.1, 0.15) is 0 Å². The molecule has 2 heterocycles. The third-order valence-electron chi connectivity index (χ3n) is 6.89. The molecule has 3 rings (SSSR count). The number of hydrogen-bond donors (Lipinski definition) is 1. The first-order valence-corrected chi connectivity index (χ1v) is 13.1. The van der Waals surface area contributed by atoms with Crippen LogP contribution < -0.4 is 0 Å². The first-order chi connectivity index (χ1) is 15.4. The molecule has 0 saturated carbocycles. The Kier molecular flexibility index (Phi) is 9.45. The number of benzene rings is 1. The second kappa shape index (κ2) is 12.1. The Morgan fingerprint density at radius 2 is 1.88 bits per heavy atom. The number of allylic oxidation sites excluding steroid dienone is 2. The lowest BCUT2D eigenvalue weighted by Crippen LogP contribution is -2.36. The van der Waals surface area contributed by atoms with Crippen molar-refractivity contribution in [1.29, 1.82) is 0 Å². The zero-order valence-corrected chi connectivity index (χ0v) is 20.6. The van der Waals surface area contributed by atoms with E-state index in [4.69, 9.17) is 4.74 Å². The van der Waals surface area contributed by atoms with Crippen molar-refractivity contribution in [1.82, 2.24) is 5.06 Å². The highest BCUT2D eigenvalue weighted by molar-refractivity contribution is 7.99. The van der Waals surface area contributed by atoms with Gasteiger partial charge in [0.15, 0.2) is 0 Å². The van der Waals surface area contributed by atoms with E-state index in [1.165, 1.54) is 37.6 Å². The van der Waals surface area contributed by atoms with Gasteiger partial charge in [0.2, 0.25) is 0 Å². The van der Waals surface area contributed by atoms with Crippen molar-refractivity contribution in [2.75, 3.05) is 18.6 Å². The Balaban J connectivity index is 1.38. The summed E-state index contributed by atoms with van der Waals surface area (Å²) in [5.41, 5.74) is 0.718. The van der Waals surface area contributed by atoms with Crippen LogP contribution in [0.15, 0.2) is 48.6 Å². The molecule has 2 bridgehead atoms. The normalized spacial score (nSPS) is 25.2. The van der Waals surface area contributed by atoms with Crippen LogP contribution >= 0.6 is 11.8 Å². The molecule has 1 N–H and O–H groups in total. The Hall–Kier alpha value is -1.56. The first-order valence-electron chi connectivity index (χ1n) is 12.0. The summed E-state index contributed by atoms with van der Waals surface area (Å²) in [6, 6.07) is 10.5. The highest BCUT2D eigenvalue weighted by Gasteiger charge is 2.47. The molecule has 1 amide bonds. The summed E-state index contributed by atoms with van der Waals surface area (Å²) in [6.45, 7) is 3.78. The first kappa shape index (κ1) is 25.1. The van der Waals surface area contributed by atoms with Crippen LogP contribution in [-0.2, 0) is 9.53 Å².